The molecular weight excluding hydrogens is 450 g/mol. The van der Waals surface area contributed by atoms with Crippen molar-refractivity contribution in [3.63, 3.8) is 0 Å². The molecule has 1 aliphatic heterocycles. The summed E-state index contributed by atoms with van der Waals surface area (Å²) in [4.78, 5) is 39.9. The number of nitrogens with zero attached hydrogens (tertiary/aromatic N) is 3. The van der Waals surface area contributed by atoms with E-state index in [-0.39, 0.29) is 0 Å². The monoisotopic (exact) mass is 473 g/mol. The summed E-state index contributed by atoms with van der Waals surface area (Å²) in [5.74, 6) is -1.07. The van der Waals surface area contributed by atoms with Gasteiger partial charge >= 0.3 is 6.03 Å². The number of thiophene rings is 1. The highest BCUT2D eigenvalue weighted by Crippen LogP contribution is 2.30. The topological polar surface area (TPSA) is 96.3 Å². The van der Waals surface area contributed by atoms with Gasteiger partial charge in [-0.15, -0.1) is 11.3 Å². The van der Waals surface area contributed by atoms with Crippen LogP contribution in [0.25, 0.3) is 10.2 Å². The Labute approximate surface area is 200 Å². The molecule has 1 aliphatic rings. The number of carbonyl (C=O) groups is 3. The van der Waals surface area contributed by atoms with Crippen molar-refractivity contribution < 1.29 is 14.4 Å². The van der Waals surface area contributed by atoms with Crippen LogP contribution < -0.4 is 10.7 Å². The number of hydrazine groups is 1. The Kier molecular flexibility index (Phi) is 5.21. The van der Waals surface area contributed by atoms with E-state index in [1.807, 2.05) is 24.6 Å². The summed E-state index contributed by atoms with van der Waals surface area (Å²) >= 11 is 1.28. The van der Waals surface area contributed by atoms with Crippen LogP contribution in [0, 0.1) is 13.8 Å². The molecule has 0 bridgehead atoms. The first kappa shape index (κ1) is 21.8. The average molecular weight is 474 g/mol. The molecule has 0 aliphatic carbocycles. The molecule has 1 atom stereocenters. The van der Waals surface area contributed by atoms with Crippen LogP contribution in [0.4, 0.5) is 4.79 Å². The van der Waals surface area contributed by atoms with Crippen LogP contribution in [-0.4, -0.2) is 32.6 Å². The van der Waals surface area contributed by atoms with Crippen LogP contribution in [0.1, 0.15) is 39.0 Å². The lowest BCUT2D eigenvalue weighted by atomic mass is 9.92. The van der Waals surface area contributed by atoms with Gasteiger partial charge < -0.3 is 5.32 Å². The van der Waals surface area contributed by atoms with E-state index in [0.29, 0.717) is 17.0 Å². The Morgan fingerprint density at radius 2 is 1.79 bits per heavy atom. The third-order valence-electron chi connectivity index (χ3n) is 6.04. The van der Waals surface area contributed by atoms with E-state index in [0.717, 1.165) is 26.5 Å². The maximum atomic E-state index is 13.1. The van der Waals surface area contributed by atoms with Gasteiger partial charge in [0.05, 0.1) is 17.1 Å². The van der Waals surface area contributed by atoms with Gasteiger partial charge in [-0.2, -0.15) is 10.1 Å². The second kappa shape index (κ2) is 8.11. The van der Waals surface area contributed by atoms with Gasteiger partial charge in [0, 0.05) is 5.39 Å². The van der Waals surface area contributed by atoms with E-state index in [9.17, 15) is 14.4 Å². The second-order valence-electron chi connectivity index (χ2n) is 8.56. The first-order chi connectivity index (χ1) is 16.3. The Hall–Kier alpha value is -3.98. The van der Waals surface area contributed by atoms with E-state index in [2.05, 4.69) is 40.1 Å². The third kappa shape index (κ3) is 3.63. The van der Waals surface area contributed by atoms with Gasteiger partial charge in [-0.3, -0.25) is 19.7 Å². The molecule has 3 heterocycles. The third-order valence-corrected chi connectivity index (χ3v) is 7.19. The number of nitrogens with one attached hydrogen (secondary N) is 2. The van der Waals surface area contributed by atoms with E-state index in [1.54, 1.807) is 37.3 Å². The molecule has 2 aromatic heterocycles. The predicted molar refractivity (Wildman–Crippen MR) is 129 cm³/mol. The summed E-state index contributed by atoms with van der Waals surface area (Å²) in [6, 6.07) is 18.2. The van der Waals surface area contributed by atoms with Gasteiger partial charge in [0.2, 0.25) is 0 Å². The fourth-order valence-electron chi connectivity index (χ4n) is 4.06. The number of benzene rings is 2. The van der Waals surface area contributed by atoms with Crippen LogP contribution in [0.5, 0.6) is 0 Å². The minimum Gasteiger partial charge on any atom is -0.318 e. The Morgan fingerprint density at radius 3 is 2.50 bits per heavy atom. The van der Waals surface area contributed by atoms with Crippen molar-refractivity contribution in [3.8, 4) is 0 Å². The molecular formula is C25H23N5O3S. The SMILES string of the molecule is Cc1ccc(Cn2nc(C)c3cc(C(=O)NN4C(=O)N[C@@](C)(c5ccccc5)C4=O)sc32)cc1. The lowest BCUT2D eigenvalue weighted by Crippen LogP contribution is -2.47. The summed E-state index contributed by atoms with van der Waals surface area (Å²) in [5, 5.41) is 8.93. The zero-order valence-corrected chi connectivity index (χ0v) is 19.8. The van der Waals surface area contributed by atoms with Gasteiger partial charge in [-0.05, 0) is 38.0 Å². The molecule has 8 nitrogen and oxygen atoms in total. The van der Waals surface area contributed by atoms with Crippen molar-refractivity contribution in [3.05, 3.63) is 87.9 Å². The molecule has 9 heteroatoms. The number of amides is 4. The van der Waals surface area contributed by atoms with Crippen LogP contribution >= 0.6 is 11.3 Å². The van der Waals surface area contributed by atoms with Gasteiger partial charge in [-0.25, -0.2) is 4.79 Å². The number of imide groups is 1. The minimum absolute atomic E-state index is 0.391. The number of aromatic nitrogens is 2. The molecule has 1 saturated heterocycles. The molecule has 2 aromatic carbocycles. The highest BCUT2D eigenvalue weighted by Gasteiger charge is 2.50. The smallest absolute Gasteiger partial charge is 0.318 e. The second-order valence-corrected chi connectivity index (χ2v) is 9.59. The van der Waals surface area contributed by atoms with Crippen LogP contribution in [0.15, 0.2) is 60.7 Å². The number of aryl methyl sites for hydroxylation is 2. The number of rotatable bonds is 5. The Balaban J connectivity index is 1.38. The summed E-state index contributed by atoms with van der Waals surface area (Å²) in [5.41, 5.74) is 4.96. The van der Waals surface area contributed by atoms with E-state index >= 15 is 0 Å². The van der Waals surface area contributed by atoms with Crippen molar-refractivity contribution in [2.45, 2.75) is 32.9 Å². The number of carbonyl (C=O) groups excluding carboxylic acids is 3. The van der Waals surface area contributed by atoms with Crippen LogP contribution in [0.3, 0.4) is 0 Å². The largest absolute Gasteiger partial charge is 0.344 e. The highest BCUT2D eigenvalue weighted by molar-refractivity contribution is 7.20. The van der Waals surface area contributed by atoms with Crippen molar-refractivity contribution in [2.24, 2.45) is 0 Å². The van der Waals surface area contributed by atoms with Gasteiger partial charge in [-0.1, -0.05) is 60.2 Å². The minimum atomic E-state index is -1.25. The van der Waals surface area contributed by atoms with Crippen molar-refractivity contribution >= 4 is 39.4 Å². The number of hydrogen-bond donors (Lipinski definition) is 2. The lowest BCUT2D eigenvalue weighted by molar-refractivity contribution is -0.132. The fourth-order valence-corrected chi connectivity index (χ4v) is 5.11. The Morgan fingerprint density at radius 1 is 1.09 bits per heavy atom. The summed E-state index contributed by atoms with van der Waals surface area (Å²) in [6.45, 7) is 6.13. The summed E-state index contributed by atoms with van der Waals surface area (Å²) < 4.78 is 1.87. The molecule has 0 radical (unpaired) electrons. The first-order valence-electron chi connectivity index (χ1n) is 10.8. The standard InChI is InChI=1S/C25H23N5O3S/c1-15-9-11-17(12-10-15)14-29-22-19(16(2)27-29)13-20(34-22)21(31)28-30-23(32)25(3,26-24(30)33)18-7-5-4-6-8-18/h4-13H,14H2,1-3H3,(H,26,33)(H,28,31)/t25-/m0/s1. The quantitative estimate of drug-likeness (QED) is 0.430. The average Bonchev–Trinajstić information content (AvgIpc) is 3.45. The van der Waals surface area contributed by atoms with E-state index in [4.69, 9.17) is 0 Å². The van der Waals surface area contributed by atoms with E-state index < -0.39 is 23.4 Å². The Bertz CT molecular complexity index is 1420. The number of fused-ring (bicyclic) bond motifs is 1. The van der Waals surface area contributed by atoms with E-state index in [1.165, 1.54) is 16.9 Å². The van der Waals surface area contributed by atoms with Crippen LogP contribution in [0.2, 0.25) is 0 Å². The van der Waals surface area contributed by atoms with Crippen molar-refractivity contribution in [1.29, 1.82) is 0 Å². The molecule has 172 valence electrons. The molecule has 34 heavy (non-hydrogen) atoms. The van der Waals surface area contributed by atoms with Gasteiger partial charge in [0.1, 0.15) is 10.4 Å². The molecule has 4 amide bonds. The zero-order valence-electron chi connectivity index (χ0n) is 19.0. The summed E-state index contributed by atoms with van der Waals surface area (Å²) in [7, 11) is 0. The maximum absolute atomic E-state index is 13.1. The zero-order chi connectivity index (χ0) is 24.0. The molecule has 1 fully saturated rings. The van der Waals surface area contributed by atoms with Gasteiger partial charge in [0.15, 0.2) is 0 Å². The molecule has 0 spiro atoms. The molecule has 5 rings (SSSR count). The van der Waals surface area contributed by atoms with Crippen LogP contribution in [-0.2, 0) is 16.9 Å². The maximum Gasteiger partial charge on any atom is 0.344 e. The van der Waals surface area contributed by atoms with Crippen molar-refractivity contribution in [2.75, 3.05) is 0 Å². The predicted octanol–water partition coefficient (Wildman–Crippen LogP) is 3.87. The molecule has 0 unspecified atom stereocenters. The molecule has 4 aromatic rings. The fraction of sp³-hybridized carbons (Fsp3) is 0.200. The normalized spacial score (nSPS) is 17.9. The number of hydrogen-bond acceptors (Lipinski definition) is 5. The van der Waals surface area contributed by atoms with Gasteiger partial charge in [0.25, 0.3) is 11.8 Å². The summed E-state index contributed by atoms with van der Waals surface area (Å²) in [6.07, 6.45) is 0. The molecule has 0 saturated carbocycles. The number of urea groups is 1. The highest BCUT2D eigenvalue weighted by atomic mass is 32.1. The molecule has 2 N–H and O–H groups in total. The lowest BCUT2D eigenvalue weighted by Gasteiger charge is -2.21. The first-order valence-corrected chi connectivity index (χ1v) is 11.6. The van der Waals surface area contributed by atoms with Crippen molar-refractivity contribution in [1.82, 2.24) is 25.5 Å².